The van der Waals surface area contributed by atoms with E-state index in [2.05, 4.69) is 42.6 Å². The van der Waals surface area contributed by atoms with Gasteiger partial charge in [0.2, 0.25) is 0 Å². The molecular formula is C21H27N5O. The Labute approximate surface area is 160 Å². The van der Waals surface area contributed by atoms with E-state index < -0.39 is 0 Å². The van der Waals surface area contributed by atoms with Gasteiger partial charge < -0.3 is 10.6 Å². The number of hydrogen-bond acceptors (Lipinski definition) is 4. The van der Waals surface area contributed by atoms with Crippen molar-refractivity contribution >= 4 is 16.9 Å². The average molecular weight is 365 g/mol. The second-order valence-electron chi connectivity index (χ2n) is 7.00. The van der Waals surface area contributed by atoms with Crippen LogP contribution in [-0.2, 0) is 0 Å². The molecule has 0 saturated heterocycles. The number of benzene rings is 1. The molecular weight excluding hydrogens is 338 g/mol. The van der Waals surface area contributed by atoms with Crippen LogP contribution >= 0.6 is 0 Å². The van der Waals surface area contributed by atoms with Crippen molar-refractivity contribution in [3.8, 4) is 11.3 Å². The third-order valence-corrected chi connectivity index (χ3v) is 4.61. The number of amides is 1. The van der Waals surface area contributed by atoms with E-state index >= 15 is 0 Å². The summed E-state index contributed by atoms with van der Waals surface area (Å²) < 4.78 is 1.87. The van der Waals surface area contributed by atoms with Crippen LogP contribution in [0.3, 0.4) is 0 Å². The molecule has 3 rings (SSSR count). The number of nitrogens with one attached hydrogen (secondary N) is 2. The van der Waals surface area contributed by atoms with Crippen molar-refractivity contribution in [3.63, 3.8) is 0 Å². The molecule has 0 aliphatic heterocycles. The highest BCUT2D eigenvalue weighted by Gasteiger charge is 2.18. The lowest BCUT2D eigenvalue weighted by Crippen LogP contribution is -2.26. The Kier molecular flexibility index (Phi) is 5.86. The maximum atomic E-state index is 12.9. The Morgan fingerprint density at radius 2 is 2.00 bits per heavy atom. The minimum absolute atomic E-state index is 0.0864. The summed E-state index contributed by atoms with van der Waals surface area (Å²) in [6.45, 7) is 7.67. The maximum absolute atomic E-state index is 12.9. The van der Waals surface area contributed by atoms with Crippen molar-refractivity contribution in [2.45, 2.75) is 33.2 Å². The van der Waals surface area contributed by atoms with Gasteiger partial charge in [-0.2, -0.15) is 5.10 Å². The van der Waals surface area contributed by atoms with Crippen LogP contribution in [0.4, 0.5) is 0 Å². The predicted octanol–water partition coefficient (Wildman–Crippen LogP) is 3.33. The first-order valence-electron chi connectivity index (χ1n) is 9.40. The number of rotatable bonds is 7. The molecule has 0 saturated carbocycles. The van der Waals surface area contributed by atoms with Crippen molar-refractivity contribution in [2.75, 3.05) is 20.1 Å². The maximum Gasteiger partial charge on any atom is 0.252 e. The van der Waals surface area contributed by atoms with Gasteiger partial charge in [-0.3, -0.25) is 4.79 Å². The van der Waals surface area contributed by atoms with E-state index in [1.165, 1.54) is 0 Å². The minimum Gasteiger partial charge on any atom is -0.352 e. The third kappa shape index (κ3) is 4.01. The van der Waals surface area contributed by atoms with Crippen molar-refractivity contribution in [3.05, 3.63) is 47.7 Å². The van der Waals surface area contributed by atoms with Gasteiger partial charge in [0.15, 0.2) is 5.65 Å². The summed E-state index contributed by atoms with van der Waals surface area (Å²) in [5, 5.41) is 11.4. The van der Waals surface area contributed by atoms with Crippen LogP contribution in [0.2, 0.25) is 0 Å². The van der Waals surface area contributed by atoms with Gasteiger partial charge in [0.1, 0.15) is 0 Å². The van der Waals surface area contributed by atoms with Crippen molar-refractivity contribution in [1.29, 1.82) is 0 Å². The molecule has 3 aromatic rings. The Bertz CT molecular complexity index is 945. The standard InChI is InChI=1S/C21H27N5O/c1-14(2)26-20-18(13-24-26)17(21(27)23-11-7-10-22-4)12-19(25-20)16-9-6-5-8-15(16)3/h5-6,8-9,12-14,22H,7,10-11H2,1-4H3,(H,23,27). The van der Waals surface area contributed by atoms with Crippen LogP contribution < -0.4 is 10.6 Å². The lowest BCUT2D eigenvalue weighted by atomic mass is 10.0. The molecule has 6 nitrogen and oxygen atoms in total. The number of aromatic nitrogens is 3. The second-order valence-corrected chi connectivity index (χ2v) is 7.00. The van der Waals surface area contributed by atoms with E-state index in [1.807, 2.05) is 36.0 Å². The molecule has 2 aromatic heterocycles. The molecule has 0 spiro atoms. The first kappa shape index (κ1) is 19.0. The topological polar surface area (TPSA) is 71.8 Å². The van der Waals surface area contributed by atoms with Crippen LogP contribution in [0.15, 0.2) is 36.5 Å². The molecule has 2 N–H and O–H groups in total. The molecule has 0 aliphatic carbocycles. The predicted molar refractivity (Wildman–Crippen MR) is 109 cm³/mol. The monoisotopic (exact) mass is 365 g/mol. The summed E-state index contributed by atoms with van der Waals surface area (Å²) in [4.78, 5) is 17.7. The van der Waals surface area contributed by atoms with Crippen LogP contribution in [0.1, 0.15) is 42.2 Å². The summed E-state index contributed by atoms with van der Waals surface area (Å²) in [7, 11) is 1.91. The fraction of sp³-hybridized carbons (Fsp3) is 0.381. The lowest BCUT2D eigenvalue weighted by molar-refractivity contribution is 0.0955. The summed E-state index contributed by atoms with van der Waals surface area (Å²) in [5.41, 5.74) is 4.31. The van der Waals surface area contributed by atoms with Crippen LogP contribution in [0, 0.1) is 6.92 Å². The zero-order valence-corrected chi connectivity index (χ0v) is 16.4. The van der Waals surface area contributed by atoms with E-state index in [1.54, 1.807) is 6.20 Å². The molecule has 0 fully saturated rings. The van der Waals surface area contributed by atoms with Gasteiger partial charge in [0.05, 0.1) is 22.8 Å². The SMILES string of the molecule is CNCCCNC(=O)c1cc(-c2ccccc2C)nc2c1cnn2C(C)C. The van der Waals surface area contributed by atoms with Crippen LogP contribution in [-0.4, -0.2) is 40.8 Å². The highest BCUT2D eigenvalue weighted by molar-refractivity contribution is 6.06. The number of carbonyl (C=O) groups is 1. The Morgan fingerprint density at radius 1 is 1.22 bits per heavy atom. The molecule has 0 unspecified atom stereocenters. The summed E-state index contributed by atoms with van der Waals surface area (Å²) >= 11 is 0. The van der Waals surface area contributed by atoms with E-state index in [9.17, 15) is 4.79 Å². The summed E-state index contributed by atoms with van der Waals surface area (Å²) in [5.74, 6) is -0.0864. The highest BCUT2D eigenvalue weighted by atomic mass is 16.1. The van der Waals surface area contributed by atoms with Gasteiger partial charge in [0, 0.05) is 18.2 Å². The molecule has 142 valence electrons. The van der Waals surface area contributed by atoms with Crippen LogP contribution in [0.5, 0.6) is 0 Å². The van der Waals surface area contributed by atoms with E-state index in [4.69, 9.17) is 4.98 Å². The lowest BCUT2D eigenvalue weighted by Gasteiger charge is -2.12. The van der Waals surface area contributed by atoms with Gasteiger partial charge in [0.25, 0.3) is 5.91 Å². The van der Waals surface area contributed by atoms with Gasteiger partial charge >= 0.3 is 0 Å². The number of aryl methyl sites for hydroxylation is 1. The quantitative estimate of drug-likeness (QED) is 0.630. The van der Waals surface area contributed by atoms with E-state index in [0.717, 1.165) is 40.8 Å². The van der Waals surface area contributed by atoms with Gasteiger partial charge in [-0.05, 0) is 52.4 Å². The van der Waals surface area contributed by atoms with Gasteiger partial charge in [-0.25, -0.2) is 9.67 Å². The number of pyridine rings is 1. The van der Waals surface area contributed by atoms with Crippen molar-refractivity contribution in [1.82, 2.24) is 25.4 Å². The molecule has 1 aromatic carbocycles. The van der Waals surface area contributed by atoms with Crippen molar-refractivity contribution in [2.24, 2.45) is 0 Å². The van der Waals surface area contributed by atoms with Crippen LogP contribution in [0.25, 0.3) is 22.3 Å². The molecule has 0 aliphatic rings. The van der Waals surface area contributed by atoms with Crippen molar-refractivity contribution < 1.29 is 4.79 Å². The fourth-order valence-electron chi connectivity index (χ4n) is 3.14. The number of fused-ring (bicyclic) bond motifs is 1. The Morgan fingerprint density at radius 3 is 2.70 bits per heavy atom. The number of hydrogen-bond donors (Lipinski definition) is 2. The molecule has 1 amide bonds. The molecule has 27 heavy (non-hydrogen) atoms. The van der Waals surface area contributed by atoms with Gasteiger partial charge in [-0.1, -0.05) is 24.3 Å². The molecule has 0 radical (unpaired) electrons. The smallest absolute Gasteiger partial charge is 0.252 e. The largest absolute Gasteiger partial charge is 0.352 e. The fourth-order valence-corrected chi connectivity index (χ4v) is 3.14. The summed E-state index contributed by atoms with van der Waals surface area (Å²) in [6.07, 6.45) is 2.62. The number of carbonyl (C=O) groups excluding carboxylic acids is 1. The second kappa shape index (κ2) is 8.31. The van der Waals surface area contributed by atoms with E-state index in [0.29, 0.717) is 12.1 Å². The number of nitrogens with zero attached hydrogens (tertiary/aromatic N) is 3. The highest BCUT2D eigenvalue weighted by Crippen LogP contribution is 2.28. The Balaban J connectivity index is 2.08. The molecule has 6 heteroatoms. The molecule has 0 atom stereocenters. The summed E-state index contributed by atoms with van der Waals surface area (Å²) in [6, 6.07) is 10.1. The first-order valence-corrected chi connectivity index (χ1v) is 9.40. The zero-order valence-electron chi connectivity index (χ0n) is 16.4. The minimum atomic E-state index is -0.0864. The van der Waals surface area contributed by atoms with E-state index in [-0.39, 0.29) is 11.9 Å². The average Bonchev–Trinajstić information content (AvgIpc) is 3.09. The Hall–Kier alpha value is -2.73. The van der Waals surface area contributed by atoms with Gasteiger partial charge in [-0.15, -0.1) is 0 Å². The molecule has 2 heterocycles. The zero-order chi connectivity index (χ0) is 19.4. The third-order valence-electron chi connectivity index (χ3n) is 4.61. The normalized spacial score (nSPS) is 11.3. The molecule has 0 bridgehead atoms. The first-order chi connectivity index (χ1) is 13.0.